The highest BCUT2D eigenvalue weighted by molar-refractivity contribution is 5.89. The predicted octanol–water partition coefficient (Wildman–Crippen LogP) is 3.68. The largest absolute Gasteiger partial charge is 0.416 e. The van der Waals surface area contributed by atoms with E-state index >= 15 is 0 Å². The van der Waals surface area contributed by atoms with Crippen molar-refractivity contribution >= 4 is 17.5 Å². The number of piperidine rings is 1. The van der Waals surface area contributed by atoms with Gasteiger partial charge in [0.05, 0.1) is 12.0 Å². The minimum Gasteiger partial charge on any atom is -0.342 e. The lowest BCUT2D eigenvalue weighted by Gasteiger charge is -2.40. The van der Waals surface area contributed by atoms with Crippen LogP contribution in [0.3, 0.4) is 0 Å². The van der Waals surface area contributed by atoms with Crippen LogP contribution in [0.2, 0.25) is 0 Å². The van der Waals surface area contributed by atoms with E-state index in [9.17, 15) is 22.8 Å². The lowest BCUT2D eigenvalue weighted by Crippen LogP contribution is -2.50. The van der Waals surface area contributed by atoms with Gasteiger partial charge in [-0.2, -0.15) is 13.2 Å². The molecule has 1 fully saturated rings. The van der Waals surface area contributed by atoms with Crippen molar-refractivity contribution in [1.29, 1.82) is 0 Å². The number of anilines is 1. The Morgan fingerprint density at radius 3 is 2.23 bits per heavy atom. The molecule has 2 aromatic carbocycles. The summed E-state index contributed by atoms with van der Waals surface area (Å²) in [6.07, 6.45) is -3.32. The van der Waals surface area contributed by atoms with Crippen molar-refractivity contribution in [3.8, 4) is 0 Å². The Morgan fingerprint density at radius 2 is 1.67 bits per heavy atom. The number of nitrogens with one attached hydrogen (secondary N) is 1. The van der Waals surface area contributed by atoms with Crippen LogP contribution in [0.5, 0.6) is 0 Å². The van der Waals surface area contributed by atoms with Gasteiger partial charge in [0.25, 0.3) is 0 Å². The zero-order chi connectivity index (χ0) is 21.9. The molecule has 2 amide bonds. The molecule has 160 valence electrons. The summed E-state index contributed by atoms with van der Waals surface area (Å²) in [5.41, 5.74) is 7.25. The fourth-order valence-corrected chi connectivity index (χ4v) is 3.74. The Kier molecular flexibility index (Phi) is 6.17. The fourth-order valence-electron chi connectivity index (χ4n) is 3.74. The van der Waals surface area contributed by atoms with E-state index in [-0.39, 0.29) is 18.2 Å². The molecule has 0 bridgehead atoms. The predicted molar refractivity (Wildman–Crippen MR) is 108 cm³/mol. The van der Waals surface area contributed by atoms with Gasteiger partial charge in [0.15, 0.2) is 0 Å². The van der Waals surface area contributed by atoms with Crippen molar-refractivity contribution < 1.29 is 22.8 Å². The van der Waals surface area contributed by atoms with Crippen molar-refractivity contribution in [1.82, 2.24) is 4.90 Å². The van der Waals surface area contributed by atoms with E-state index in [2.05, 4.69) is 5.32 Å². The molecule has 0 spiro atoms. The number of carbonyl (C=O) groups is 2. The molecule has 3 rings (SSSR count). The minimum absolute atomic E-state index is 0.0399. The van der Waals surface area contributed by atoms with Gasteiger partial charge in [-0.3, -0.25) is 9.59 Å². The van der Waals surface area contributed by atoms with Crippen LogP contribution in [-0.4, -0.2) is 29.8 Å². The fraction of sp³-hybridized carbons (Fsp3) is 0.364. The number of benzene rings is 2. The molecule has 8 heteroatoms. The first kappa shape index (κ1) is 21.8. The van der Waals surface area contributed by atoms with E-state index in [0.717, 1.165) is 17.7 Å². The second-order valence-electron chi connectivity index (χ2n) is 7.64. The van der Waals surface area contributed by atoms with Crippen molar-refractivity contribution in [2.45, 2.75) is 37.9 Å². The summed E-state index contributed by atoms with van der Waals surface area (Å²) in [5, 5.41) is 2.80. The number of rotatable bonds is 4. The van der Waals surface area contributed by atoms with Crippen molar-refractivity contribution in [3.63, 3.8) is 0 Å². The summed E-state index contributed by atoms with van der Waals surface area (Å²) in [6, 6.07) is 12.0. The van der Waals surface area contributed by atoms with Crippen LogP contribution in [0.15, 0.2) is 48.5 Å². The number of nitrogens with zero attached hydrogens (tertiary/aromatic N) is 1. The van der Waals surface area contributed by atoms with E-state index in [1.54, 1.807) is 11.0 Å². The molecule has 1 aliphatic rings. The van der Waals surface area contributed by atoms with Crippen LogP contribution >= 0.6 is 0 Å². The molecular formula is C22H24F3N3O2. The van der Waals surface area contributed by atoms with Crippen molar-refractivity contribution in [2.24, 2.45) is 5.73 Å². The number of carbonyl (C=O) groups excluding carboxylic acids is 2. The molecule has 1 heterocycles. The normalized spacial score (nSPS) is 16.2. The highest BCUT2D eigenvalue weighted by Crippen LogP contribution is 2.35. The summed E-state index contributed by atoms with van der Waals surface area (Å²) in [7, 11) is 0. The number of hydrogen-bond acceptors (Lipinski definition) is 3. The zero-order valence-electron chi connectivity index (χ0n) is 16.6. The molecule has 0 aromatic heterocycles. The van der Waals surface area contributed by atoms with Gasteiger partial charge < -0.3 is 16.0 Å². The number of halogens is 3. The monoisotopic (exact) mass is 419 g/mol. The summed E-state index contributed by atoms with van der Waals surface area (Å²) >= 11 is 0. The molecule has 30 heavy (non-hydrogen) atoms. The number of para-hydroxylation sites is 1. The van der Waals surface area contributed by atoms with Crippen LogP contribution < -0.4 is 11.1 Å². The van der Waals surface area contributed by atoms with Gasteiger partial charge in [0.2, 0.25) is 11.8 Å². The van der Waals surface area contributed by atoms with Gasteiger partial charge >= 0.3 is 6.18 Å². The maximum Gasteiger partial charge on any atom is 0.416 e. The van der Waals surface area contributed by atoms with Crippen LogP contribution in [0, 0.1) is 0 Å². The molecule has 1 aliphatic heterocycles. The zero-order valence-corrected chi connectivity index (χ0v) is 16.6. The standard InChI is InChI=1S/C22H24F3N3O2/c1-15(29)27-19-5-3-2-4-18(19)21(26)10-12-28(13-11-21)20(30)14-16-6-8-17(9-7-16)22(23,24)25/h2-9H,10-14,26H2,1H3,(H,27,29). The van der Waals surface area contributed by atoms with Gasteiger partial charge in [-0.15, -0.1) is 0 Å². The molecule has 0 saturated carbocycles. The Hall–Kier alpha value is -2.87. The maximum atomic E-state index is 12.7. The number of amides is 2. The summed E-state index contributed by atoms with van der Waals surface area (Å²) in [6.45, 7) is 2.30. The molecule has 0 radical (unpaired) electrons. The van der Waals surface area contributed by atoms with E-state index < -0.39 is 17.3 Å². The average Bonchev–Trinajstić information content (AvgIpc) is 2.68. The van der Waals surface area contributed by atoms with Crippen molar-refractivity contribution in [3.05, 3.63) is 65.2 Å². The molecule has 2 aromatic rings. The Bertz CT molecular complexity index is 918. The van der Waals surface area contributed by atoms with E-state index in [1.165, 1.54) is 19.1 Å². The number of likely N-dealkylation sites (tertiary alicyclic amines) is 1. The number of alkyl halides is 3. The Labute approximate surface area is 173 Å². The van der Waals surface area contributed by atoms with E-state index in [0.29, 0.717) is 37.2 Å². The van der Waals surface area contributed by atoms with Gasteiger partial charge in [0.1, 0.15) is 0 Å². The third-order valence-corrected chi connectivity index (χ3v) is 5.42. The van der Waals surface area contributed by atoms with Gasteiger partial charge in [-0.25, -0.2) is 0 Å². The summed E-state index contributed by atoms with van der Waals surface area (Å²) < 4.78 is 38.0. The lowest BCUT2D eigenvalue weighted by atomic mass is 9.81. The third-order valence-electron chi connectivity index (χ3n) is 5.42. The Morgan fingerprint density at radius 1 is 1.07 bits per heavy atom. The highest BCUT2D eigenvalue weighted by Gasteiger charge is 2.35. The van der Waals surface area contributed by atoms with Gasteiger partial charge in [-0.05, 0) is 42.2 Å². The van der Waals surface area contributed by atoms with Crippen LogP contribution in [-0.2, 0) is 27.7 Å². The second kappa shape index (κ2) is 8.47. The smallest absolute Gasteiger partial charge is 0.342 e. The topological polar surface area (TPSA) is 75.4 Å². The number of hydrogen-bond donors (Lipinski definition) is 2. The van der Waals surface area contributed by atoms with E-state index in [1.807, 2.05) is 18.2 Å². The molecule has 3 N–H and O–H groups in total. The van der Waals surface area contributed by atoms with Gasteiger partial charge in [0, 0.05) is 31.2 Å². The van der Waals surface area contributed by atoms with Crippen molar-refractivity contribution in [2.75, 3.05) is 18.4 Å². The summed E-state index contributed by atoms with van der Waals surface area (Å²) in [5.74, 6) is -0.331. The lowest BCUT2D eigenvalue weighted by molar-refractivity contribution is -0.137. The molecular weight excluding hydrogens is 395 g/mol. The number of nitrogens with two attached hydrogens (primary N) is 1. The van der Waals surface area contributed by atoms with Gasteiger partial charge in [-0.1, -0.05) is 30.3 Å². The quantitative estimate of drug-likeness (QED) is 0.794. The minimum atomic E-state index is -4.40. The molecule has 0 atom stereocenters. The van der Waals surface area contributed by atoms with E-state index in [4.69, 9.17) is 5.73 Å². The maximum absolute atomic E-state index is 12.7. The Balaban J connectivity index is 1.64. The van der Waals surface area contributed by atoms with Crippen LogP contribution in [0.1, 0.15) is 36.5 Å². The molecule has 0 unspecified atom stereocenters. The summed E-state index contributed by atoms with van der Waals surface area (Å²) in [4.78, 5) is 25.8. The molecule has 0 aliphatic carbocycles. The first-order valence-corrected chi connectivity index (χ1v) is 9.68. The molecule has 5 nitrogen and oxygen atoms in total. The van der Waals surface area contributed by atoms with Crippen LogP contribution in [0.4, 0.5) is 18.9 Å². The third kappa shape index (κ3) is 4.99. The first-order valence-electron chi connectivity index (χ1n) is 9.68. The SMILES string of the molecule is CC(=O)Nc1ccccc1C1(N)CCN(C(=O)Cc2ccc(C(F)(F)F)cc2)CC1. The molecule has 1 saturated heterocycles. The second-order valence-corrected chi connectivity index (χ2v) is 7.64. The first-order chi connectivity index (χ1) is 14.1. The average molecular weight is 419 g/mol. The van der Waals surface area contributed by atoms with Crippen LogP contribution in [0.25, 0.3) is 0 Å². The highest BCUT2D eigenvalue weighted by atomic mass is 19.4.